The fraction of sp³-hybridized carbons (Fsp3) is 0.524. The lowest BCUT2D eigenvalue weighted by Gasteiger charge is -2.31. The Morgan fingerprint density at radius 3 is 2.43 bits per heavy atom. The highest BCUT2D eigenvalue weighted by atomic mass is 35.5. The van der Waals surface area contributed by atoms with Gasteiger partial charge < -0.3 is 20.3 Å². The van der Waals surface area contributed by atoms with Crippen LogP contribution in [0.25, 0.3) is 0 Å². The zero-order chi connectivity index (χ0) is 19.9. The summed E-state index contributed by atoms with van der Waals surface area (Å²) >= 11 is 6.01. The second-order valence-corrected chi connectivity index (χ2v) is 7.83. The quantitative estimate of drug-likeness (QED) is 0.657. The van der Waals surface area contributed by atoms with Crippen molar-refractivity contribution in [1.82, 2.24) is 10.6 Å². The lowest BCUT2D eigenvalue weighted by atomic mass is 9.95. The number of hydrogen-bond donors (Lipinski definition) is 3. The molecule has 2 aliphatic rings. The number of benzene rings is 1. The molecule has 3 N–H and O–H groups in total. The molecule has 0 aliphatic carbocycles. The number of carbonyl (C=O) groups is 2. The summed E-state index contributed by atoms with van der Waals surface area (Å²) < 4.78 is 5.33. The van der Waals surface area contributed by atoms with Crippen LogP contribution in [0, 0.1) is 0 Å². The van der Waals surface area contributed by atoms with Crippen LogP contribution in [0.1, 0.15) is 50.6 Å². The highest BCUT2D eigenvalue weighted by molar-refractivity contribution is 6.30. The van der Waals surface area contributed by atoms with E-state index in [1.54, 1.807) is 19.1 Å². The minimum atomic E-state index is -0.547. The molecule has 7 heteroatoms. The van der Waals surface area contributed by atoms with Gasteiger partial charge in [0.05, 0.1) is 37.0 Å². The molecule has 0 unspecified atom stereocenters. The van der Waals surface area contributed by atoms with Crippen LogP contribution in [0.15, 0.2) is 35.5 Å². The van der Waals surface area contributed by atoms with Gasteiger partial charge in [0.25, 0.3) is 0 Å². The Hall–Kier alpha value is -2.05. The smallest absolute Gasteiger partial charge is 0.338 e. The molecular weight excluding hydrogens is 378 g/mol. The van der Waals surface area contributed by atoms with Crippen LogP contribution < -0.4 is 15.5 Å². The van der Waals surface area contributed by atoms with E-state index in [0.717, 1.165) is 18.7 Å². The normalized spacial score (nSPS) is 21.4. The molecule has 0 aromatic heterocycles. The lowest BCUT2D eigenvalue weighted by molar-refractivity contribution is -0.896. The van der Waals surface area contributed by atoms with Gasteiger partial charge in [-0.25, -0.2) is 9.59 Å². The molecule has 0 saturated carbocycles. The minimum absolute atomic E-state index is 0.285. The molecule has 1 fully saturated rings. The number of rotatable bonds is 5. The number of carbonyl (C=O) groups excluding carboxylic acids is 2. The van der Waals surface area contributed by atoms with Crippen LogP contribution in [0.4, 0.5) is 4.79 Å². The lowest BCUT2D eigenvalue weighted by Crippen LogP contribution is -3.12. The maximum absolute atomic E-state index is 12.8. The molecule has 2 amide bonds. The first-order valence-electron chi connectivity index (χ1n) is 10.1. The number of amides is 2. The minimum Gasteiger partial charge on any atom is -0.463 e. The molecule has 28 heavy (non-hydrogen) atoms. The monoisotopic (exact) mass is 406 g/mol. The second-order valence-electron chi connectivity index (χ2n) is 7.39. The summed E-state index contributed by atoms with van der Waals surface area (Å²) in [6, 6.07) is 6.34. The zero-order valence-electron chi connectivity index (χ0n) is 16.4. The van der Waals surface area contributed by atoms with Gasteiger partial charge in [-0.3, -0.25) is 0 Å². The summed E-state index contributed by atoms with van der Waals surface area (Å²) in [4.78, 5) is 26.6. The molecule has 1 aromatic rings. The third-order valence-corrected chi connectivity index (χ3v) is 5.59. The number of halogens is 1. The average Bonchev–Trinajstić information content (AvgIpc) is 2.64. The van der Waals surface area contributed by atoms with Crippen molar-refractivity contribution in [3.05, 3.63) is 46.1 Å². The van der Waals surface area contributed by atoms with Crippen molar-refractivity contribution in [2.24, 2.45) is 0 Å². The largest absolute Gasteiger partial charge is 0.463 e. The molecule has 2 aliphatic heterocycles. The predicted molar refractivity (Wildman–Crippen MR) is 108 cm³/mol. The Bertz CT molecular complexity index is 725. The fourth-order valence-corrected chi connectivity index (χ4v) is 4.07. The van der Waals surface area contributed by atoms with Crippen molar-refractivity contribution in [1.29, 1.82) is 0 Å². The molecule has 1 atom stereocenters. The topological polar surface area (TPSA) is 71.9 Å². The van der Waals surface area contributed by atoms with E-state index in [0.29, 0.717) is 22.8 Å². The summed E-state index contributed by atoms with van der Waals surface area (Å²) in [5.74, 6) is -0.392. The van der Waals surface area contributed by atoms with Crippen LogP contribution in [0.5, 0.6) is 0 Å². The number of ether oxygens (including phenoxy) is 1. The summed E-state index contributed by atoms with van der Waals surface area (Å²) in [7, 11) is 0. The van der Waals surface area contributed by atoms with Crippen molar-refractivity contribution in [3.63, 3.8) is 0 Å². The predicted octanol–water partition coefficient (Wildman–Crippen LogP) is 2.36. The average molecular weight is 407 g/mol. The molecule has 1 saturated heterocycles. The molecule has 0 bridgehead atoms. The summed E-state index contributed by atoms with van der Waals surface area (Å²) in [5.41, 5.74) is 1.96. The van der Waals surface area contributed by atoms with Crippen molar-refractivity contribution in [2.45, 2.75) is 45.1 Å². The first-order chi connectivity index (χ1) is 13.6. The maximum Gasteiger partial charge on any atom is 0.338 e. The Morgan fingerprint density at radius 1 is 1.14 bits per heavy atom. The molecule has 3 rings (SSSR count). The van der Waals surface area contributed by atoms with Crippen molar-refractivity contribution in [2.75, 3.05) is 26.2 Å². The SMILES string of the molecule is CCOC(=O)C1=C(C[NH+]2CCCCCCC2)NC(=O)N[C@@H]1c1ccc(Cl)cc1. The van der Waals surface area contributed by atoms with E-state index in [1.807, 2.05) is 12.1 Å². The van der Waals surface area contributed by atoms with E-state index in [-0.39, 0.29) is 12.6 Å². The van der Waals surface area contributed by atoms with Crippen LogP contribution in [0.2, 0.25) is 5.02 Å². The van der Waals surface area contributed by atoms with Crippen LogP contribution in [-0.2, 0) is 9.53 Å². The molecule has 2 heterocycles. The number of likely N-dealkylation sites (tertiary alicyclic amines) is 1. The number of nitrogens with one attached hydrogen (secondary N) is 3. The first-order valence-corrected chi connectivity index (χ1v) is 10.5. The van der Waals surface area contributed by atoms with Gasteiger partial charge in [0.15, 0.2) is 0 Å². The van der Waals surface area contributed by atoms with E-state index in [1.165, 1.54) is 37.0 Å². The number of esters is 1. The van der Waals surface area contributed by atoms with Gasteiger partial charge in [0, 0.05) is 5.02 Å². The van der Waals surface area contributed by atoms with Crippen molar-refractivity contribution < 1.29 is 19.2 Å². The number of hydrogen-bond acceptors (Lipinski definition) is 3. The van der Waals surface area contributed by atoms with Crippen molar-refractivity contribution >= 4 is 23.6 Å². The highest BCUT2D eigenvalue weighted by Gasteiger charge is 2.35. The summed E-state index contributed by atoms with van der Waals surface area (Å²) in [6.45, 7) is 4.79. The number of urea groups is 1. The molecular formula is C21H29ClN3O3+. The molecule has 1 aromatic carbocycles. The van der Waals surface area contributed by atoms with Gasteiger partial charge in [-0.05, 0) is 50.3 Å². The maximum atomic E-state index is 12.8. The summed E-state index contributed by atoms with van der Waals surface area (Å²) in [6.07, 6.45) is 6.13. The van der Waals surface area contributed by atoms with Gasteiger partial charge in [0.2, 0.25) is 0 Å². The Balaban J connectivity index is 1.93. The zero-order valence-corrected chi connectivity index (χ0v) is 17.1. The molecule has 0 radical (unpaired) electrons. The highest BCUT2D eigenvalue weighted by Crippen LogP contribution is 2.28. The van der Waals surface area contributed by atoms with Gasteiger partial charge in [-0.1, -0.05) is 30.2 Å². The van der Waals surface area contributed by atoms with Gasteiger partial charge >= 0.3 is 12.0 Å². The fourth-order valence-electron chi connectivity index (χ4n) is 3.94. The van der Waals surface area contributed by atoms with Crippen LogP contribution in [0.3, 0.4) is 0 Å². The van der Waals surface area contributed by atoms with Crippen LogP contribution >= 0.6 is 11.6 Å². The first kappa shape index (κ1) is 20.7. The van der Waals surface area contributed by atoms with Gasteiger partial charge in [0.1, 0.15) is 6.54 Å². The Labute approximate surface area is 171 Å². The number of quaternary nitrogens is 1. The summed E-state index contributed by atoms with van der Waals surface area (Å²) in [5, 5.41) is 6.36. The van der Waals surface area contributed by atoms with E-state index >= 15 is 0 Å². The van der Waals surface area contributed by atoms with Crippen LogP contribution in [-0.4, -0.2) is 38.2 Å². The molecule has 6 nitrogen and oxygen atoms in total. The molecule has 152 valence electrons. The second kappa shape index (κ2) is 9.94. The van der Waals surface area contributed by atoms with Gasteiger partial charge in [-0.15, -0.1) is 0 Å². The van der Waals surface area contributed by atoms with E-state index in [4.69, 9.17) is 16.3 Å². The van der Waals surface area contributed by atoms with Crippen molar-refractivity contribution in [3.8, 4) is 0 Å². The van der Waals surface area contributed by atoms with E-state index in [9.17, 15) is 9.59 Å². The van der Waals surface area contributed by atoms with E-state index in [2.05, 4.69) is 10.6 Å². The third kappa shape index (κ3) is 5.26. The standard InChI is InChI=1S/C21H28ClN3O3/c1-2-28-20(26)18-17(14-25-12-6-4-3-5-7-13-25)23-21(27)24-19(18)15-8-10-16(22)11-9-15/h8-11,19H,2-7,12-14H2,1H3,(H2,23,24,27)/p+1/t19-/m1/s1. The Morgan fingerprint density at radius 2 is 1.79 bits per heavy atom. The third-order valence-electron chi connectivity index (χ3n) is 5.34. The Kier molecular flexibility index (Phi) is 7.34. The van der Waals surface area contributed by atoms with E-state index < -0.39 is 12.0 Å². The van der Waals surface area contributed by atoms with Gasteiger partial charge in [-0.2, -0.15) is 0 Å². The molecule has 0 spiro atoms.